The number of nitrogen functional groups attached to an aromatic ring is 1. The lowest BCUT2D eigenvalue weighted by atomic mass is 10.0. The van der Waals surface area contributed by atoms with Gasteiger partial charge in [-0.05, 0) is 49.2 Å². The van der Waals surface area contributed by atoms with E-state index in [2.05, 4.69) is 15.3 Å². The van der Waals surface area contributed by atoms with E-state index in [4.69, 9.17) is 15.6 Å². The zero-order valence-corrected chi connectivity index (χ0v) is 18.2. The van der Waals surface area contributed by atoms with Gasteiger partial charge in [0.25, 0.3) is 5.91 Å². The number of carbonyl (C=O) groups is 1. The van der Waals surface area contributed by atoms with E-state index in [1.165, 1.54) is 18.2 Å². The first kappa shape index (κ1) is 21.9. The smallest absolute Gasteiger partial charge is 0.256 e. The van der Waals surface area contributed by atoms with Crippen molar-refractivity contribution in [2.45, 2.75) is 25.0 Å². The minimum absolute atomic E-state index is 0.0276. The van der Waals surface area contributed by atoms with E-state index < -0.39 is 11.7 Å². The number of nitrogens with zero attached hydrogens (tertiary/aromatic N) is 4. The number of halogens is 1. The molecular weight excluding hydrogens is 439 g/mol. The molecule has 10 heteroatoms. The van der Waals surface area contributed by atoms with Crippen molar-refractivity contribution in [3.63, 3.8) is 0 Å². The van der Waals surface area contributed by atoms with Crippen molar-refractivity contribution in [3.05, 3.63) is 66.2 Å². The largest absolute Gasteiger partial charge is 0.394 e. The Kier molecular flexibility index (Phi) is 5.91. The summed E-state index contributed by atoms with van der Waals surface area (Å²) in [5.74, 6) is -0.471. The molecule has 174 valence electrons. The second kappa shape index (κ2) is 9.16. The lowest BCUT2D eigenvalue weighted by Crippen LogP contribution is -2.30. The summed E-state index contributed by atoms with van der Waals surface area (Å²) in [6, 6.07) is 11.0. The number of hydrogen-bond donors (Lipinski definition) is 3. The highest BCUT2D eigenvalue weighted by molar-refractivity contribution is 6.05. The lowest BCUT2D eigenvalue weighted by molar-refractivity contribution is -0.0402. The van der Waals surface area contributed by atoms with E-state index in [1.54, 1.807) is 41.3 Å². The van der Waals surface area contributed by atoms with Gasteiger partial charge in [0, 0.05) is 23.5 Å². The Balaban J connectivity index is 1.50. The summed E-state index contributed by atoms with van der Waals surface area (Å²) in [5, 5.41) is 17.2. The second-order valence-electron chi connectivity index (χ2n) is 8.12. The summed E-state index contributed by atoms with van der Waals surface area (Å²) in [7, 11) is 0. The van der Waals surface area contributed by atoms with Gasteiger partial charge >= 0.3 is 0 Å². The third kappa shape index (κ3) is 4.09. The number of aliphatic hydroxyl groups excluding tert-OH is 1. The van der Waals surface area contributed by atoms with Gasteiger partial charge in [0.15, 0.2) is 0 Å². The lowest BCUT2D eigenvalue weighted by Gasteiger charge is -2.28. The standard InChI is InChI=1S/C24H23FN6O3/c25-18-11-14(24(33)29-20-3-1-2-9-27-20)4-7-17(18)22-21-19(8-10-28-23(21)26)31(30-22)15-5-6-16(12-32)34-13-15/h1-4,7-11,15-16,32H,5-6,12-13H2,(H2,26,28)(H,27,29,33). The van der Waals surface area contributed by atoms with Gasteiger partial charge in [-0.25, -0.2) is 14.4 Å². The molecule has 4 aromatic rings. The molecule has 34 heavy (non-hydrogen) atoms. The fourth-order valence-corrected chi connectivity index (χ4v) is 4.18. The molecule has 1 fully saturated rings. The van der Waals surface area contributed by atoms with Crippen molar-refractivity contribution in [1.29, 1.82) is 0 Å². The molecular formula is C24H23FN6O3. The van der Waals surface area contributed by atoms with Gasteiger partial charge in [-0.1, -0.05) is 6.07 Å². The number of nitrogens with two attached hydrogens (primary N) is 1. The molecule has 1 aliphatic heterocycles. The van der Waals surface area contributed by atoms with Crippen LogP contribution in [0.2, 0.25) is 0 Å². The van der Waals surface area contributed by atoms with Crippen LogP contribution in [0, 0.1) is 5.82 Å². The number of pyridine rings is 2. The predicted octanol–water partition coefficient (Wildman–Crippen LogP) is 3.18. The summed E-state index contributed by atoms with van der Waals surface area (Å²) in [5.41, 5.74) is 7.60. The molecule has 0 saturated carbocycles. The minimum Gasteiger partial charge on any atom is -0.394 e. The maximum atomic E-state index is 15.3. The Morgan fingerprint density at radius 3 is 2.79 bits per heavy atom. The molecule has 5 rings (SSSR count). The van der Waals surface area contributed by atoms with Gasteiger partial charge in [-0.2, -0.15) is 5.10 Å². The van der Waals surface area contributed by atoms with Gasteiger partial charge in [0.2, 0.25) is 0 Å². The summed E-state index contributed by atoms with van der Waals surface area (Å²) < 4.78 is 22.8. The Morgan fingerprint density at radius 2 is 2.09 bits per heavy atom. The number of nitrogens with one attached hydrogen (secondary N) is 1. The Bertz CT molecular complexity index is 1340. The quantitative estimate of drug-likeness (QED) is 0.416. The van der Waals surface area contributed by atoms with Crippen molar-refractivity contribution >= 4 is 28.4 Å². The normalized spacial score (nSPS) is 18.2. The first-order valence-corrected chi connectivity index (χ1v) is 10.9. The highest BCUT2D eigenvalue weighted by atomic mass is 19.1. The molecule has 0 spiro atoms. The minimum atomic E-state index is -0.608. The van der Waals surface area contributed by atoms with Crippen LogP contribution in [0.1, 0.15) is 29.2 Å². The van der Waals surface area contributed by atoms with Gasteiger partial charge < -0.3 is 20.9 Å². The number of aromatic nitrogens is 4. The second-order valence-corrected chi connectivity index (χ2v) is 8.12. The van der Waals surface area contributed by atoms with E-state index in [0.717, 1.165) is 11.9 Å². The fourth-order valence-electron chi connectivity index (χ4n) is 4.18. The van der Waals surface area contributed by atoms with Crippen molar-refractivity contribution in [2.75, 3.05) is 24.3 Å². The maximum Gasteiger partial charge on any atom is 0.256 e. The van der Waals surface area contributed by atoms with Gasteiger partial charge in [-0.3, -0.25) is 9.48 Å². The zero-order valence-electron chi connectivity index (χ0n) is 18.2. The molecule has 9 nitrogen and oxygen atoms in total. The molecule has 4 heterocycles. The first-order chi connectivity index (χ1) is 16.5. The predicted molar refractivity (Wildman–Crippen MR) is 125 cm³/mol. The number of amides is 1. The van der Waals surface area contributed by atoms with Crippen molar-refractivity contribution in [3.8, 4) is 11.3 Å². The van der Waals surface area contributed by atoms with Crippen LogP contribution >= 0.6 is 0 Å². The highest BCUT2D eigenvalue weighted by Gasteiger charge is 2.27. The van der Waals surface area contributed by atoms with E-state index in [9.17, 15) is 9.90 Å². The molecule has 0 aliphatic carbocycles. The van der Waals surface area contributed by atoms with Crippen molar-refractivity contribution < 1.29 is 19.0 Å². The SMILES string of the molecule is Nc1nccc2c1c(-c1ccc(C(=O)Nc3ccccn3)cc1F)nn2C1CCC(CO)OC1. The molecule has 1 amide bonds. The molecule has 3 aromatic heterocycles. The Morgan fingerprint density at radius 1 is 1.21 bits per heavy atom. The molecule has 0 radical (unpaired) electrons. The molecule has 2 atom stereocenters. The number of carbonyl (C=O) groups excluding carboxylic acids is 1. The number of fused-ring (bicyclic) bond motifs is 1. The molecule has 4 N–H and O–H groups in total. The van der Waals surface area contributed by atoms with E-state index in [1.807, 2.05) is 0 Å². The Labute approximate surface area is 194 Å². The van der Waals surface area contributed by atoms with Gasteiger partial charge in [0.1, 0.15) is 23.1 Å². The number of anilines is 2. The Hall–Kier alpha value is -3.89. The van der Waals surface area contributed by atoms with E-state index >= 15 is 4.39 Å². The summed E-state index contributed by atoms with van der Waals surface area (Å²) in [6.45, 7) is 0.346. The van der Waals surface area contributed by atoms with Crippen LogP contribution < -0.4 is 11.1 Å². The first-order valence-electron chi connectivity index (χ1n) is 10.9. The van der Waals surface area contributed by atoms with Gasteiger partial charge in [0.05, 0.1) is 36.3 Å². The fraction of sp³-hybridized carbons (Fsp3) is 0.250. The van der Waals surface area contributed by atoms with Crippen molar-refractivity contribution in [1.82, 2.24) is 19.7 Å². The van der Waals surface area contributed by atoms with Crippen LogP contribution in [0.4, 0.5) is 16.0 Å². The topological polar surface area (TPSA) is 128 Å². The number of hydrogen-bond acceptors (Lipinski definition) is 7. The molecule has 2 unspecified atom stereocenters. The summed E-state index contributed by atoms with van der Waals surface area (Å²) in [4.78, 5) is 20.8. The number of benzene rings is 1. The van der Waals surface area contributed by atoms with E-state index in [-0.39, 0.29) is 35.7 Å². The average Bonchev–Trinajstić information content (AvgIpc) is 3.25. The number of ether oxygens (including phenoxy) is 1. The third-order valence-corrected chi connectivity index (χ3v) is 5.94. The highest BCUT2D eigenvalue weighted by Crippen LogP contribution is 2.36. The monoisotopic (exact) mass is 462 g/mol. The number of aliphatic hydroxyl groups is 1. The molecule has 1 aromatic carbocycles. The average molecular weight is 462 g/mol. The molecule has 0 bridgehead atoms. The molecule has 1 aliphatic rings. The van der Waals surface area contributed by atoms with E-state index in [0.29, 0.717) is 29.9 Å². The van der Waals surface area contributed by atoms with Crippen LogP contribution in [-0.4, -0.2) is 50.1 Å². The zero-order chi connectivity index (χ0) is 23.7. The summed E-state index contributed by atoms with van der Waals surface area (Å²) in [6.07, 6.45) is 4.39. The van der Waals surface area contributed by atoms with Gasteiger partial charge in [-0.15, -0.1) is 0 Å². The van der Waals surface area contributed by atoms with Crippen LogP contribution in [0.25, 0.3) is 22.2 Å². The maximum absolute atomic E-state index is 15.3. The third-order valence-electron chi connectivity index (χ3n) is 5.94. The van der Waals surface area contributed by atoms with Crippen LogP contribution in [0.15, 0.2) is 54.9 Å². The summed E-state index contributed by atoms with van der Waals surface area (Å²) >= 11 is 0. The van der Waals surface area contributed by atoms with Crippen LogP contribution in [0.5, 0.6) is 0 Å². The van der Waals surface area contributed by atoms with Crippen molar-refractivity contribution in [2.24, 2.45) is 0 Å². The van der Waals surface area contributed by atoms with Crippen LogP contribution in [0.3, 0.4) is 0 Å². The van der Waals surface area contributed by atoms with Crippen LogP contribution in [-0.2, 0) is 4.74 Å². The number of rotatable bonds is 5. The molecule has 1 saturated heterocycles.